The molecule has 0 fully saturated rings. The van der Waals surface area contributed by atoms with E-state index < -0.39 is 0 Å². The lowest BCUT2D eigenvalue weighted by molar-refractivity contribution is -0.116. The van der Waals surface area contributed by atoms with Crippen LogP contribution in [0.25, 0.3) is 6.08 Å². The number of hydrogen-bond donors (Lipinski definition) is 1. The molecule has 1 heterocycles. The van der Waals surface area contributed by atoms with Gasteiger partial charge >= 0.3 is 0 Å². The molecule has 0 radical (unpaired) electrons. The van der Waals surface area contributed by atoms with Gasteiger partial charge in [0, 0.05) is 19.0 Å². The van der Waals surface area contributed by atoms with Crippen LogP contribution >= 0.6 is 0 Å². The summed E-state index contributed by atoms with van der Waals surface area (Å²) in [6.07, 6.45) is 3.62. The van der Waals surface area contributed by atoms with E-state index in [4.69, 9.17) is 0 Å². The summed E-state index contributed by atoms with van der Waals surface area (Å²) in [7, 11) is 0. The van der Waals surface area contributed by atoms with Crippen molar-refractivity contribution >= 4 is 29.3 Å². The number of anilines is 2. The minimum Gasteiger partial charge on any atom is -0.324 e. The lowest BCUT2D eigenvalue weighted by Crippen LogP contribution is -2.30. The SMILES string of the molecule is O=C1CCN(C(=O)C=Cc2ccccc2)c2ccccc2N1. The normalized spacial score (nSPS) is 14.4. The van der Waals surface area contributed by atoms with Crippen LogP contribution in [0.1, 0.15) is 12.0 Å². The first kappa shape index (κ1) is 14.1. The maximum Gasteiger partial charge on any atom is 0.251 e. The van der Waals surface area contributed by atoms with E-state index in [1.165, 1.54) is 0 Å². The molecule has 22 heavy (non-hydrogen) atoms. The molecular formula is C18H16N2O2. The lowest BCUT2D eigenvalue weighted by Gasteiger charge is -2.20. The second-order valence-electron chi connectivity index (χ2n) is 5.05. The van der Waals surface area contributed by atoms with Gasteiger partial charge < -0.3 is 10.2 Å². The Morgan fingerprint density at radius 1 is 1.05 bits per heavy atom. The molecule has 0 atom stereocenters. The molecule has 0 bridgehead atoms. The van der Waals surface area contributed by atoms with Crippen LogP contribution in [0.5, 0.6) is 0 Å². The molecule has 2 aromatic carbocycles. The van der Waals surface area contributed by atoms with Crippen molar-refractivity contribution in [3.05, 3.63) is 66.2 Å². The molecule has 2 aromatic rings. The van der Waals surface area contributed by atoms with Crippen molar-refractivity contribution in [2.24, 2.45) is 0 Å². The molecular weight excluding hydrogens is 276 g/mol. The summed E-state index contributed by atoms with van der Waals surface area (Å²) in [5.74, 6) is -0.206. The van der Waals surface area contributed by atoms with Crippen LogP contribution in [0, 0.1) is 0 Å². The van der Waals surface area contributed by atoms with Gasteiger partial charge in [-0.3, -0.25) is 9.59 Å². The van der Waals surface area contributed by atoms with Crippen molar-refractivity contribution in [3.63, 3.8) is 0 Å². The van der Waals surface area contributed by atoms with E-state index in [0.717, 1.165) is 11.3 Å². The van der Waals surface area contributed by atoms with Gasteiger partial charge in [-0.15, -0.1) is 0 Å². The second-order valence-corrected chi connectivity index (χ2v) is 5.05. The third-order valence-electron chi connectivity index (χ3n) is 3.52. The van der Waals surface area contributed by atoms with Crippen molar-refractivity contribution in [2.45, 2.75) is 6.42 Å². The highest BCUT2D eigenvalue weighted by Gasteiger charge is 2.22. The Hall–Kier alpha value is -2.88. The summed E-state index contributed by atoms with van der Waals surface area (Å²) in [4.78, 5) is 25.9. The maximum atomic E-state index is 12.5. The van der Waals surface area contributed by atoms with Crippen molar-refractivity contribution in [1.29, 1.82) is 0 Å². The molecule has 0 saturated carbocycles. The van der Waals surface area contributed by atoms with Gasteiger partial charge in [-0.25, -0.2) is 0 Å². The molecule has 4 nitrogen and oxygen atoms in total. The largest absolute Gasteiger partial charge is 0.324 e. The van der Waals surface area contributed by atoms with Crippen molar-refractivity contribution < 1.29 is 9.59 Å². The topological polar surface area (TPSA) is 49.4 Å². The first-order chi connectivity index (χ1) is 10.7. The Balaban J connectivity index is 1.86. The number of fused-ring (bicyclic) bond motifs is 1. The van der Waals surface area contributed by atoms with E-state index >= 15 is 0 Å². The fourth-order valence-electron chi connectivity index (χ4n) is 2.41. The Bertz CT molecular complexity index is 723. The molecule has 0 saturated heterocycles. The zero-order chi connectivity index (χ0) is 15.4. The fourth-order valence-corrected chi connectivity index (χ4v) is 2.41. The van der Waals surface area contributed by atoms with Gasteiger partial charge in [0.05, 0.1) is 11.4 Å². The summed E-state index contributed by atoms with van der Waals surface area (Å²) < 4.78 is 0. The molecule has 0 spiro atoms. The quantitative estimate of drug-likeness (QED) is 0.865. The number of carbonyl (C=O) groups is 2. The number of benzene rings is 2. The van der Waals surface area contributed by atoms with Gasteiger partial charge in [-0.1, -0.05) is 42.5 Å². The summed E-state index contributed by atoms with van der Waals surface area (Å²) in [6.45, 7) is 0.376. The zero-order valence-electron chi connectivity index (χ0n) is 12.0. The lowest BCUT2D eigenvalue weighted by atomic mass is 10.2. The molecule has 0 unspecified atom stereocenters. The average Bonchev–Trinajstić information content (AvgIpc) is 2.72. The molecule has 0 aromatic heterocycles. The second kappa shape index (κ2) is 6.26. The summed E-state index contributed by atoms with van der Waals surface area (Å²) in [6, 6.07) is 17.0. The minimum absolute atomic E-state index is 0.0743. The number of para-hydroxylation sites is 2. The Labute approximate surface area is 129 Å². The van der Waals surface area contributed by atoms with Crippen LogP contribution in [0.3, 0.4) is 0 Å². The summed E-state index contributed by atoms with van der Waals surface area (Å²) in [5, 5.41) is 2.82. The fraction of sp³-hybridized carbons (Fsp3) is 0.111. The first-order valence-corrected chi connectivity index (χ1v) is 7.17. The number of amides is 2. The molecule has 1 N–H and O–H groups in total. The zero-order valence-corrected chi connectivity index (χ0v) is 12.0. The van der Waals surface area contributed by atoms with Gasteiger partial charge in [-0.2, -0.15) is 0 Å². The van der Waals surface area contributed by atoms with Gasteiger partial charge in [-0.05, 0) is 23.8 Å². The third kappa shape index (κ3) is 3.06. The maximum absolute atomic E-state index is 12.5. The molecule has 1 aliphatic heterocycles. The predicted molar refractivity (Wildman–Crippen MR) is 87.5 cm³/mol. The van der Waals surface area contributed by atoms with Crippen LogP contribution in [0.15, 0.2) is 60.7 Å². The van der Waals surface area contributed by atoms with Crippen LogP contribution in [-0.2, 0) is 9.59 Å². The van der Waals surface area contributed by atoms with Crippen LogP contribution in [-0.4, -0.2) is 18.4 Å². The molecule has 3 rings (SSSR count). The number of nitrogens with zero attached hydrogens (tertiary/aromatic N) is 1. The molecule has 110 valence electrons. The van der Waals surface area contributed by atoms with E-state index in [1.807, 2.05) is 48.5 Å². The van der Waals surface area contributed by atoms with Crippen molar-refractivity contribution in [3.8, 4) is 0 Å². The van der Waals surface area contributed by atoms with Gasteiger partial charge in [0.1, 0.15) is 0 Å². The van der Waals surface area contributed by atoms with Crippen LogP contribution in [0.4, 0.5) is 11.4 Å². The summed E-state index contributed by atoms with van der Waals surface area (Å²) in [5.41, 5.74) is 2.37. The van der Waals surface area contributed by atoms with Crippen LogP contribution in [0.2, 0.25) is 0 Å². The smallest absolute Gasteiger partial charge is 0.251 e. The predicted octanol–water partition coefficient (Wildman–Crippen LogP) is 3.08. The Morgan fingerprint density at radius 2 is 1.77 bits per heavy atom. The van der Waals surface area contributed by atoms with Crippen LogP contribution < -0.4 is 10.2 Å². The highest BCUT2D eigenvalue weighted by atomic mass is 16.2. The summed E-state index contributed by atoms with van der Waals surface area (Å²) >= 11 is 0. The average molecular weight is 292 g/mol. The minimum atomic E-state index is -0.132. The van der Waals surface area contributed by atoms with Gasteiger partial charge in [0.2, 0.25) is 5.91 Å². The monoisotopic (exact) mass is 292 g/mol. The number of carbonyl (C=O) groups excluding carboxylic acids is 2. The Kier molecular flexibility index (Phi) is 4.01. The molecule has 2 amide bonds. The number of rotatable bonds is 2. The number of hydrogen-bond acceptors (Lipinski definition) is 2. The van der Waals surface area contributed by atoms with E-state index in [1.54, 1.807) is 23.1 Å². The third-order valence-corrected chi connectivity index (χ3v) is 3.52. The van der Waals surface area contributed by atoms with Gasteiger partial charge in [0.25, 0.3) is 5.91 Å². The van der Waals surface area contributed by atoms with E-state index in [0.29, 0.717) is 18.7 Å². The highest BCUT2D eigenvalue weighted by Crippen LogP contribution is 2.28. The Morgan fingerprint density at radius 3 is 2.59 bits per heavy atom. The molecule has 1 aliphatic rings. The van der Waals surface area contributed by atoms with Crippen molar-refractivity contribution in [1.82, 2.24) is 0 Å². The van der Waals surface area contributed by atoms with E-state index in [9.17, 15) is 9.59 Å². The molecule has 4 heteroatoms. The standard InChI is InChI=1S/C18H16N2O2/c21-17-12-13-20(16-9-5-4-8-15(16)19-17)18(22)11-10-14-6-2-1-3-7-14/h1-11H,12-13H2,(H,19,21). The first-order valence-electron chi connectivity index (χ1n) is 7.17. The van der Waals surface area contributed by atoms with E-state index in [2.05, 4.69) is 5.32 Å². The number of nitrogens with one attached hydrogen (secondary N) is 1. The van der Waals surface area contributed by atoms with Gasteiger partial charge in [0.15, 0.2) is 0 Å². The van der Waals surface area contributed by atoms with Crippen molar-refractivity contribution in [2.75, 3.05) is 16.8 Å². The highest BCUT2D eigenvalue weighted by molar-refractivity contribution is 6.08. The molecule has 0 aliphatic carbocycles. The van der Waals surface area contributed by atoms with E-state index in [-0.39, 0.29) is 11.8 Å².